The van der Waals surface area contributed by atoms with Crippen molar-refractivity contribution in [2.24, 2.45) is 0 Å². The van der Waals surface area contributed by atoms with Crippen LogP contribution in [-0.4, -0.2) is 21.0 Å². The van der Waals surface area contributed by atoms with Crippen LogP contribution < -0.4 is 5.32 Å². The number of hydrogen-bond donors (Lipinski definition) is 1. The van der Waals surface area contributed by atoms with E-state index >= 15 is 0 Å². The minimum Gasteiger partial charge on any atom is -0.308 e. The molecule has 1 saturated carbocycles. The third-order valence-electron chi connectivity index (χ3n) is 3.80. The highest BCUT2D eigenvalue weighted by Crippen LogP contribution is 2.23. The van der Waals surface area contributed by atoms with Gasteiger partial charge in [-0.2, -0.15) is 0 Å². The molecule has 1 aliphatic carbocycles. The van der Waals surface area contributed by atoms with Crippen LogP contribution in [-0.2, 0) is 6.54 Å². The van der Waals surface area contributed by atoms with Crippen LogP contribution in [0.3, 0.4) is 0 Å². The van der Waals surface area contributed by atoms with Gasteiger partial charge in [0.25, 0.3) is 0 Å². The molecule has 0 bridgehead atoms. The zero-order valence-electron chi connectivity index (χ0n) is 11.5. The predicted octanol–water partition coefficient (Wildman–Crippen LogP) is 3.44. The smallest absolute Gasteiger partial charge is 0.0783 e. The lowest BCUT2D eigenvalue weighted by molar-refractivity contribution is 0.647. The van der Waals surface area contributed by atoms with E-state index in [-0.39, 0.29) is 0 Å². The third-order valence-corrected chi connectivity index (χ3v) is 4.29. The fraction of sp³-hybridized carbons (Fsp3) is 0.250. The predicted molar refractivity (Wildman–Crippen MR) is 86.4 cm³/mol. The summed E-state index contributed by atoms with van der Waals surface area (Å²) < 4.78 is 3.01. The molecule has 106 valence electrons. The molecule has 1 N–H and O–H groups in total. The van der Waals surface area contributed by atoms with Crippen molar-refractivity contribution in [1.29, 1.82) is 0 Å². The highest BCUT2D eigenvalue weighted by Gasteiger charge is 2.21. The summed E-state index contributed by atoms with van der Waals surface area (Å²) in [5.74, 6) is 0. The molecule has 0 saturated heterocycles. The summed E-state index contributed by atoms with van der Waals surface area (Å²) in [6.07, 6.45) is 4.40. The number of benzene rings is 2. The topological polar surface area (TPSA) is 42.7 Å². The molecule has 2 aromatic carbocycles. The van der Waals surface area contributed by atoms with E-state index in [0.29, 0.717) is 6.04 Å². The first kappa shape index (κ1) is 13.0. The van der Waals surface area contributed by atoms with Crippen molar-refractivity contribution >= 4 is 26.7 Å². The van der Waals surface area contributed by atoms with Crippen LogP contribution in [0, 0.1) is 0 Å². The van der Waals surface area contributed by atoms with Gasteiger partial charge in [-0.3, -0.25) is 0 Å². The second-order valence-electron chi connectivity index (χ2n) is 5.47. The maximum Gasteiger partial charge on any atom is 0.0783 e. The van der Waals surface area contributed by atoms with Gasteiger partial charge in [-0.05, 0) is 47.9 Å². The molecule has 5 heteroatoms. The Balaban J connectivity index is 1.69. The summed E-state index contributed by atoms with van der Waals surface area (Å²) in [4.78, 5) is 0. The van der Waals surface area contributed by atoms with E-state index < -0.39 is 0 Å². The Hall–Kier alpha value is -1.72. The van der Waals surface area contributed by atoms with Gasteiger partial charge in [0, 0.05) is 17.1 Å². The van der Waals surface area contributed by atoms with Crippen molar-refractivity contribution < 1.29 is 0 Å². The molecule has 1 heterocycles. The van der Waals surface area contributed by atoms with E-state index in [9.17, 15) is 0 Å². The molecule has 3 aromatic rings. The quantitative estimate of drug-likeness (QED) is 0.789. The van der Waals surface area contributed by atoms with E-state index in [4.69, 9.17) is 0 Å². The molecular weight excluding hydrogens is 328 g/mol. The molecule has 1 fully saturated rings. The number of fused-ring (bicyclic) bond motifs is 1. The number of aromatic nitrogens is 3. The Morgan fingerprint density at radius 3 is 2.81 bits per heavy atom. The normalized spacial score (nSPS) is 14.7. The van der Waals surface area contributed by atoms with Crippen LogP contribution in [0.5, 0.6) is 0 Å². The van der Waals surface area contributed by atoms with Crippen LogP contribution in [0.2, 0.25) is 0 Å². The van der Waals surface area contributed by atoms with Gasteiger partial charge in [-0.1, -0.05) is 33.3 Å². The van der Waals surface area contributed by atoms with Crippen molar-refractivity contribution in [3.63, 3.8) is 0 Å². The molecule has 0 amide bonds. The van der Waals surface area contributed by atoms with Crippen LogP contribution >= 0.6 is 15.9 Å². The van der Waals surface area contributed by atoms with Crippen LogP contribution in [0.1, 0.15) is 18.5 Å². The van der Waals surface area contributed by atoms with Crippen LogP contribution in [0.15, 0.2) is 47.1 Å². The molecule has 0 unspecified atom stereocenters. The van der Waals surface area contributed by atoms with Gasteiger partial charge >= 0.3 is 0 Å². The lowest BCUT2D eigenvalue weighted by Crippen LogP contribution is -2.18. The minimum absolute atomic E-state index is 0.683. The van der Waals surface area contributed by atoms with Crippen molar-refractivity contribution in [3.8, 4) is 5.69 Å². The number of nitrogens with zero attached hydrogens (tertiary/aromatic N) is 3. The lowest BCUT2D eigenvalue weighted by atomic mass is 10.1. The van der Waals surface area contributed by atoms with Gasteiger partial charge in [0.1, 0.15) is 0 Å². The Bertz CT molecular complexity index is 792. The molecule has 4 nitrogen and oxygen atoms in total. The van der Waals surface area contributed by atoms with Crippen LogP contribution in [0.25, 0.3) is 16.5 Å². The molecule has 4 rings (SSSR count). The largest absolute Gasteiger partial charge is 0.308 e. The first-order valence-electron chi connectivity index (χ1n) is 7.12. The molecule has 21 heavy (non-hydrogen) atoms. The van der Waals surface area contributed by atoms with Gasteiger partial charge in [-0.25, -0.2) is 4.68 Å². The first-order chi connectivity index (χ1) is 10.3. The Labute approximate surface area is 131 Å². The summed E-state index contributed by atoms with van der Waals surface area (Å²) in [6.45, 7) is 0.816. The molecular formula is C16H15BrN4. The lowest BCUT2D eigenvalue weighted by Gasteiger charge is -2.08. The van der Waals surface area contributed by atoms with Gasteiger partial charge in [0.15, 0.2) is 0 Å². The second-order valence-corrected chi connectivity index (χ2v) is 6.38. The number of rotatable bonds is 4. The van der Waals surface area contributed by atoms with Gasteiger partial charge in [0.05, 0.1) is 17.6 Å². The van der Waals surface area contributed by atoms with Crippen molar-refractivity contribution in [3.05, 3.63) is 52.8 Å². The average molecular weight is 343 g/mol. The zero-order chi connectivity index (χ0) is 14.2. The van der Waals surface area contributed by atoms with Crippen molar-refractivity contribution in [2.75, 3.05) is 0 Å². The Kier molecular flexibility index (Phi) is 3.24. The number of halogens is 1. The molecule has 0 radical (unpaired) electrons. The first-order valence-corrected chi connectivity index (χ1v) is 7.91. The van der Waals surface area contributed by atoms with E-state index in [1.54, 1.807) is 0 Å². The molecule has 0 spiro atoms. The van der Waals surface area contributed by atoms with Gasteiger partial charge < -0.3 is 5.32 Å². The monoisotopic (exact) mass is 342 g/mol. The summed E-state index contributed by atoms with van der Waals surface area (Å²) in [5, 5.41) is 14.2. The fourth-order valence-electron chi connectivity index (χ4n) is 2.47. The molecule has 0 aliphatic heterocycles. The highest BCUT2D eigenvalue weighted by molar-refractivity contribution is 9.10. The average Bonchev–Trinajstić information content (AvgIpc) is 3.21. The van der Waals surface area contributed by atoms with E-state index in [1.807, 2.05) is 10.9 Å². The van der Waals surface area contributed by atoms with Crippen molar-refractivity contribution in [1.82, 2.24) is 20.3 Å². The van der Waals surface area contributed by atoms with Gasteiger partial charge in [-0.15, -0.1) is 5.10 Å². The van der Waals surface area contributed by atoms with Gasteiger partial charge in [0.2, 0.25) is 0 Å². The zero-order valence-corrected chi connectivity index (χ0v) is 13.0. The summed E-state index contributed by atoms with van der Waals surface area (Å²) in [6, 6.07) is 13.3. The van der Waals surface area contributed by atoms with E-state index in [0.717, 1.165) is 22.4 Å². The summed E-state index contributed by atoms with van der Waals surface area (Å²) in [5.41, 5.74) is 2.15. The Morgan fingerprint density at radius 2 is 1.95 bits per heavy atom. The molecule has 0 atom stereocenters. The summed E-state index contributed by atoms with van der Waals surface area (Å²) >= 11 is 3.51. The SMILES string of the molecule is Brc1ccc2cc(-n3nncc3CNC3CC3)ccc2c1. The molecule has 1 aromatic heterocycles. The number of hydrogen-bond acceptors (Lipinski definition) is 3. The molecule has 1 aliphatic rings. The summed E-state index contributed by atoms with van der Waals surface area (Å²) in [7, 11) is 0. The van der Waals surface area contributed by atoms with E-state index in [1.165, 1.54) is 23.6 Å². The maximum atomic E-state index is 4.23. The highest BCUT2D eigenvalue weighted by atomic mass is 79.9. The second kappa shape index (κ2) is 5.24. The minimum atomic E-state index is 0.683. The van der Waals surface area contributed by atoms with E-state index in [2.05, 4.69) is 68.0 Å². The maximum absolute atomic E-state index is 4.23. The van der Waals surface area contributed by atoms with Crippen LogP contribution in [0.4, 0.5) is 0 Å². The standard InChI is InChI=1S/C16H15BrN4/c17-13-3-1-12-8-15(6-2-11(12)7-13)21-16(10-19-20-21)9-18-14-4-5-14/h1-3,6-8,10,14,18H,4-5,9H2. The fourth-order valence-corrected chi connectivity index (χ4v) is 2.85. The number of nitrogens with one attached hydrogen (secondary N) is 1. The third kappa shape index (κ3) is 2.71. The Morgan fingerprint density at radius 1 is 1.14 bits per heavy atom. The van der Waals surface area contributed by atoms with Crippen molar-refractivity contribution in [2.45, 2.75) is 25.4 Å².